The SMILES string of the molecule is C=C[C@@H](CC(=O)O)c1ccc(OCc2cc(-c3ccc(OC(F)F)cc3C)cn3ncnc23)cc1. The quantitative estimate of drug-likeness (QED) is 0.297. The molecule has 0 aliphatic heterocycles. The average molecular weight is 479 g/mol. The number of ether oxygens (including phenoxy) is 2. The number of aryl methyl sites for hydroxylation is 1. The van der Waals surface area contributed by atoms with E-state index in [1.807, 2.05) is 31.3 Å². The Kier molecular flexibility index (Phi) is 7.05. The maximum Gasteiger partial charge on any atom is 0.387 e. The Morgan fingerprint density at radius 3 is 2.57 bits per heavy atom. The van der Waals surface area contributed by atoms with Crippen LogP contribution in [0.1, 0.15) is 29.0 Å². The van der Waals surface area contributed by atoms with Crippen molar-refractivity contribution in [3.63, 3.8) is 0 Å². The highest BCUT2D eigenvalue weighted by Gasteiger charge is 2.14. The molecule has 0 bridgehead atoms. The third-order valence-electron chi connectivity index (χ3n) is 5.57. The van der Waals surface area contributed by atoms with Gasteiger partial charge in [0.2, 0.25) is 0 Å². The lowest BCUT2D eigenvalue weighted by molar-refractivity contribution is -0.137. The van der Waals surface area contributed by atoms with Crippen LogP contribution in [0.2, 0.25) is 0 Å². The number of carboxylic acids is 1. The summed E-state index contributed by atoms with van der Waals surface area (Å²) in [7, 11) is 0. The second kappa shape index (κ2) is 10.3. The number of carbonyl (C=O) groups is 1. The Labute approximate surface area is 200 Å². The van der Waals surface area contributed by atoms with Crippen LogP contribution in [0.25, 0.3) is 16.8 Å². The lowest BCUT2D eigenvalue weighted by atomic mass is 9.96. The second-order valence-corrected chi connectivity index (χ2v) is 7.94. The van der Waals surface area contributed by atoms with Gasteiger partial charge in [0.25, 0.3) is 0 Å². The summed E-state index contributed by atoms with van der Waals surface area (Å²) in [4.78, 5) is 15.4. The van der Waals surface area contributed by atoms with Crippen LogP contribution in [0.15, 0.2) is 73.7 Å². The molecule has 7 nitrogen and oxygen atoms in total. The molecule has 35 heavy (non-hydrogen) atoms. The van der Waals surface area contributed by atoms with Crippen LogP contribution in [0.5, 0.6) is 11.5 Å². The number of fused-ring (bicyclic) bond motifs is 1. The number of rotatable bonds is 10. The summed E-state index contributed by atoms with van der Waals surface area (Å²) in [5, 5.41) is 13.3. The molecule has 4 aromatic rings. The van der Waals surface area contributed by atoms with Gasteiger partial charge in [-0.25, -0.2) is 9.50 Å². The molecule has 0 aliphatic rings. The van der Waals surface area contributed by atoms with Gasteiger partial charge < -0.3 is 14.6 Å². The summed E-state index contributed by atoms with van der Waals surface area (Å²) in [6.07, 6.45) is 4.85. The Hall–Kier alpha value is -4.27. The largest absolute Gasteiger partial charge is 0.489 e. The second-order valence-electron chi connectivity index (χ2n) is 7.94. The van der Waals surface area contributed by atoms with Crippen molar-refractivity contribution < 1.29 is 28.2 Å². The summed E-state index contributed by atoms with van der Waals surface area (Å²) in [6, 6.07) is 13.9. The minimum atomic E-state index is -2.88. The molecule has 2 aromatic heterocycles. The number of carboxylic acid groups (broad SMARTS) is 1. The maximum atomic E-state index is 12.5. The fourth-order valence-corrected chi connectivity index (χ4v) is 3.88. The van der Waals surface area contributed by atoms with E-state index in [0.29, 0.717) is 11.4 Å². The molecule has 9 heteroatoms. The Bertz CT molecular complexity index is 1350. The van der Waals surface area contributed by atoms with Crippen molar-refractivity contribution in [1.82, 2.24) is 14.6 Å². The minimum absolute atomic E-state index is 0.0317. The van der Waals surface area contributed by atoms with E-state index in [0.717, 1.165) is 27.8 Å². The number of alkyl halides is 2. The van der Waals surface area contributed by atoms with Gasteiger partial charge in [-0.3, -0.25) is 4.79 Å². The Morgan fingerprint density at radius 2 is 1.91 bits per heavy atom. The molecular weight excluding hydrogens is 456 g/mol. The van der Waals surface area contributed by atoms with E-state index in [2.05, 4.69) is 21.4 Å². The van der Waals surface area contributed by atoms with Gasteiger partial charge in [0, 0.05) is 23.2 Å². The number of benzene rings is 2. The summed E-state index contributed by atoms with van der Waals surface area (Å²) in [5.41, 5.74) is 4.68. The van der Waals surface area contributed by atoms with E-state index in [-0.39, 0.29) is 24.7 Å². The predicted molar refractivity (Wildman–Crippen MR) is 126 cm³/mol. The van der Waals surface area contributed by atoms with Gasteiger partial charge >= 0.3 is 12.6 Å². The van der Waals surface area contributed by atoms with Crippen molar-refractivity contribution >= 4 is 11.6 Å². The van der Waals surface area contributed by atoms with Crippen molar-refractivity contribution in [3.8, 4) is 22.6 Å². The molecular formula is C26H23F2N3O4. The summed E-state index contributed by atoms with van der Waals surface area (Å²) < 4.78 is 37.2. The van der Waals surface area contributed by atoms with Crippen molar-refractivity contribution in [2.45, 2.75) is 32.5 Å². The minimum Gasteiger partial charge on any atom is -0.489 e. The van der Waals surface area contributed by atoms with Gasteiger partial charge in [0.05, 0.1) is 6.42 Å². The van der Waals surface area contributed by atoms with E-state index < -0.39 is 12.6 Å². The highest BCUT2D eigenvalue weighted by molar-refractivity contribution is 5.70. The van der Waals surface area contributed by atoms with E-state index in [1.54, 1.807) is 34.9 Å². The van der Waals surface area contributed by atoms with Gasteiger partial charge in [0.1, 0.15) is 24.4 Å². The van der Waals surface area contributed by atoms with Crippen molar-refractivity contribution in [2.75, 3.05) is 0 Å². The molecule has 0 unspecified atom stereocenters. The van der Waals surface area contributed by atoms with E-state index in [9.17, 15) is 13.6 Å². The highest BCUT2D eigenvalue weighted by atomic mass is 19.3. The van der Waals surface area contributed by atoms with Crippen LogP contribution in [0, 0.1) is 6.92 Å². The molecule has 0 aliphatic carbocycles. The summed E-state index contributed by atoms with van der Waals surface area (Å²) >= 11 is 0. The molecule has 0 saturated carbocycles. The molecule has 0 fully saturated rings. The lowest BCUT2D eigenvalue weighted by Crippen LogP contribution is -2.04. The van der Waals surface area contributed by atoms with Crippen LogP contribution in [-0.2, 0) is 11.4 Å². The topological polar surface area (TPSA) is 86.0 Å². The van der Waals surface area contributed by atoms with Crippen LogP contribution < -0.4 is 9.47 Å². The number of aromatic nitrogens is 3. The standard InChI is InChI=1S/C26H23F2N3O4/c1-3-17(12-24(32)33)18-4-6-21(7-5-18)34-14-20-11-19(13-31-25(20)29-15-30-31)23-9-8-22(10-16(23)2)35-26(27)28/h3-11,13,15,17,26H,1,12,14H2,2H3,(H,32,33)/t17-/m0/s1. The average Bonchev–Trinajstić information content (AvgIpc) is 3.30. The summed E-state index contributed by atoms with van der Waals surface area (Å²) in [6.45, 7) is 2.86. The molecule has 0 spiro atoms. The number of allylic oxidation sites excluding steroid dienone is 1. The molecule has 0 amide bonds. The van der Waals surface area contributed by atoms with E-state index >= 15 is 0 Å². The number of pyridine rings is 1. The third-order valence-corrected chi connectivity index (χ3v) is 5.57. The number of aliphatic carboxylic acids is 1. The molecule has 2 aromatic carbocycles. The van der Waals surface area contributed by atoms with Crippen LogP contribution >= 0.6 is 0 Å². The number of halogens is 2. The fraction of sp³-hybridized carbons (Fsp3) is 0.192. The van der Waals surface area contributed by atoms with Gasteiger partial charge in [-0.15, -0.1) is 6.58 Å². The Morgan fingerprint density at radius 1 is 1.17 bits per heavy atom. The zero-order chi connectivity index (χ0) is 24.9. The number of nitrogens with zero attached hydrogens (tertiary/aromatic N) is 3. The molecule has 180 valence electrons. The molecule has 0 saturated heterocycles. The highest BCUT2D eigenvalue weighted by Crippen LogP contribution is 2.30. The molecule has 4 rings (SSSR count). The first kappa shape index (κ1) is 23.9. The zero-order valence-electron chi connectivity index (χ0n) is 18.9. The van der Waals surface area contributed by atoms with Gasteiger partial charge in [-0.05, 0) is 53.9 Å². The molecule has 0 radical (unpaired) electrons. The third kappa shape index (κ3) is 5.63. The van der Waals surface area contributed by atoms with Crippen molar-refractivity contribution in [2.24, 2.45) is 0 Å². The first-order valence-electron chi connectivity index (χ1n) is 10.8. The normalized spacial score (nSPS) is 12.0. The van der Waals surface area contributed by atoms with Crippen LogP contribution in [0.3, 0.4) is 0 Å². The zero-order valence-corrected chi connectivity index (χ0v) is 18.9. The first-order valence-corrected chi connectivity index (χ1v) is 10.8. The van der Waals surface area contributed by atoms with Gasteiger partial charge in [-0.2, -0.15) is 13.9 Å². The van der Waals surface area contributed by atoms with Gasteiger partial charge in [-0.1, -0.05) is 24.3 Å². The van der Waals surface area contributed by atoms with Crippen LogP contribution in [-0.4, -0.2) is 32.3 Å². The number of hydrogen-bond donors (Lipinski definition) is 1. The number of hydrogen-bond acceptors (Lipinski definition) is 5. The Balaban J connectivity index is 1.56. The molecule has 1 N–H and O–H groups in total. The van der Waals surface area contributed by atoms with Crippen molar-refractivity contribution in [3.05, 3.63) is 90.4 Å². The van der Waals surface area contributed by atoms with E-state index in [4.69, 9.17) is 9.84 Å². The summed E-state index contributed by atoms with van der Waals surface area (Å²) in [5.74, 6) is -0.467. The maximum absolute atomic E-state index is 12.5. The van der Waals surface area contributed by atoms with E-state index in [1.165, 1.54) is 12.4 Å². The van der Waals surface area contributed by atoms with Crippen molar-refractivity contribution in [1.29, 1.82) is 0 Å². The first-order chi connectivity index (χ1) is 16.8. The fourth-order valence-electron chi connectivity index (χ4n) is 3.88. The van der Waals surface area contributed by atoms with Gasteiger partial charge in [0.15, 0.2) is 5.65 Å². The molecule has 2 heterocycles. The van der Waals surface area contributed by atoms with Crippen LogP contribution in [0.4, 0.5) is 8.78 Å². The molecule has 1 atom stereocenters. The smallest absolute Gasteiger partial charge is 0.387 e. The monoisotopic (exact) mass is 479 g/mol. The predicted octanol–water partition coefficient (Wildman–Crippen LogP) is 5.63. The lowest BCUT2D eigenvalue weighted by Gasteiger charge is -2.14.